The van der Waals surface area contributed by atoms with Gasteiger partial charge in [0, 0.05) is 24.5 Å². The first-order valence-corrected chi connectivity index (χ1v) is 46.6. The maximum absolute atomic E-state index is 15.9. The van der Waals surface area contributed by atoms with Crippen molar-refractivity contribution >= 4 is 116 Å². The number of guanidine groups is 2. The van der Waals surface area contributed by atoms with Crippen LogP contribution in [0.3, 0.4) is 0 Å². The Morgan fingerprint density at radius 1 is 0.333 bits per heavy atom. The number of benzene rings is 6. The van der Waals surface area contributed by atoms with Gasteiger partial charge in [0.15, 0.2) is 0 Å². The number of amides is 6. The van der Waals surface area contributed by atoms with Crippen molar-refractivity contribution in [1.29, 1.82) is 0 Å². The molecule has 0 aliphatic carbocycles. The molecule has 0 aliphatic rings. The topological polar surface area (TPSA) is 488 Å². The minimum absolute atomic E-state index is 0.00375. The van der Waals surface area contributed by atoms with Crippen LogP contribution < -0.4 is 30.7 Å². The largest absolute Gasteiger partial charge is 0.460 e. The Labute approximate surface area is 805 Å². The van der Waals surface area contributed by atoms with Gasteiger partial charge in [-0.2, -0.15) is 34.1 Å². The number of nitrogens with one attached hydrogen (secondary N) is 4. The average molecular weight is 1970 g/mol. The van der Waals surface area contributed by atoms with Gasteiger partial charge in [-0.25, -0.2) is 38.4 Å². The standard InChI is InChI=1S/C96H128N10O30S2/c1-89(2,3)129-75(107)57-73(79(111)131-91(7,8)9)103(137(119,120)105(87(117)125-61-65-31-27-25-28-32-65)59-63-35-47-71(48-36-63)127-77(109)67-39-43-69(44-40-67)97-81(99-83(113)133-93(13,14)15)100-84(114)134-94(16,17)18)51-53-123-55-56-124-54-52-104(74(80(112)132-92(10,11)12)58-76(108)130-90(4,5)6)138(121,122)106(88(118)126-62-66-33-29-26-30-34-66)60-64-37-49-72(50-38-64)128-78(110)68-41-45-70(46-42-68)98-82(101-85(115)135-95(19,20)21)102-86(116)136-96(22,23)24/h25-50,73-74H,51-62H2,1-24H3,(H2,97,99,100,113,114)(H2,98,101,102,115,116). The van der Waals surface area contributed by atoms with Crippen molar-refractivity contribution in [2.75, 3.05) is 50.2 Å². The van der Waals surface area contributed by atoms with Crippen molar-refractivity contribution in [1.82, 2.24) is 27.9 Å². The first kappa shape index (κ1) is 114. The van der Waals surface area contributed by atoms with E-state index in [4.69, 9.17) is 66.3 Å². The average Bonchev–Trinajstić information content (AvgIpc) is 0.780. The van der Waals surface area contributed by atoms with Crippen LogP contribution >= 0.6 is 0 Å². The van der Waals surface area contributed by atoms with Gasteiger partial charge in [-0.15, -0.1) is 9.98 Å². The number of anilines is 2. The van der Waals surface area contributed by atoms with E-state index in [0.717, 1.165) is 0 Å². The molecular formula is C96H128N10O30S2. The molecule has 138 heavy (non-hydrogen) atoms. The quantitative estimate of drug-likeness (QED) is 0.00717. The van der Waals surface area contributed by atoms with E-state index in [9.17, 15) is 57.5 Å². The predicted molar refractivity (Wildman–Crippen MR) is 506 cm³/mol. The highest BCUT2D eigenvalue weighted by atomic mass is 32.2. The van der Waals surface area contributed by atoms with E-state index < -0.39 is 228 Å². The summed E-state index contributed by atoms with van der Waals surface area (Å²) >= 11 is 0. The Morgan fingerprint density at radius 3 is 0.906 bits per heavy atom. The fraction of sp³-hybridized carbons (Fsp3) is 0.479. The second kappa shape index (κ2) is 49.2. The molecule has 42 heteroatoms. The van der Waals surface area contributed by atoms with Gasteiger partial charge in [0.05, 0.1) is 63.5 Å². The van der Waals surface area contributed by atoms with Gasteiger partial charge >= 0.3 is 92.8 Å². The number of carbonyl (C=O) groups excluding carboxylic acids is 12. The number of alkyl carbamates (subject to hydrolysis) is 2. The minimum Gasteiger partial charge on any atom is -0.460 e. The highest BCUT2D eigenvalue weighted by Gasteiger charge is 2.47. The number of hydrogen-bond acceptors (Lipinski definition) is 30. The van der Waals surface area contributed by atoms with E-state index in [1.54, 1.807) is 144 Å². The maximum Gasteiger partial charge on any atom is 0.437 e. The molecule has 4 N–H and O–H groups in total. The molecule has 0 aromatic heterocycles. The molecular weight excluding hydrogens is 1840 g/mol. The normalized spacial score (nSPS) is 12.9. The molecule has 0 aliphatic heterocycles. The van der Waals surface area contributed by atoms with E-state index in [0.29, 0.717) is 28.3 Å². The van der Waals surface area contributed by atoms with Crippen LogP contribution in [0.2, 0.25) is 0 Å². The van der Waals surface area contributed by atoms with Gasteiger partial charge in [-0.05, 0) is 261 Å². The minimum atomic E-state index is -5.50. The smallest absolute Gasteiger partial charge is 0.437 e. The lowest BCUT2D eigenvalue weighted by atomic mass is 10.1. The van der Waals surface area contributed by atoms with E-state index in [-0.39, 0.29) is 57.0 Å². The number of carbonyl (C=O) groups is 12. The molecule has 0 saturated heterocycles. The summed E-state index contributed by atoms with van der Waals surface area (Å²) in [5.74, 6) is -7.35. The van der Waals surface area contributed by atoms with Crippen molar-refractivity contribution in [3.8, 4) is 11.5 Å². The molecule has 6 rings (SSSR count). The summed E-state index contributed by atoms with van der Waals surface area (Å²) in [6.07, 6.45) is -8.96. The van der Waals surface area contributed by atoms with Crippen molar-refractivity contribution in [2.24, 2.45) is 9.98 Å². The number of aliphatic imine (C=N–C) groups is 2. The van der Waals surface area contributed by atoms with Crippen LogP contribution in [0.25, 0.3) is 0 Å². The van der Waals surface area contributed by atoms with Gasteiger partial charge in [0.25, 0.3) is 0 Å². The molecule has 6 aromatic rings. The molecule has 0 saturated carbocycles. The third kappa shape index (κ3) is 42.2. The number of rotatable bonds is 35. The number of ether oxygens (including phenoxy) is 14. The number of esters is 6. The molecule has 0 heterocycles. The Balaban J connectivity index is 1.31. The van der Waals surface area contributed by atoms with Crippen LogP contribution in [0.15, 0.2) is 168 Å². The van der Waals surface area contributed by atoms with E-state index in [1.165, 1.54) is 180 Å². The van der Waals surface area contributed by atoms with Gasteiger partial charge in [-0.3, -0.25) is 29.8 Å². The molecule has 2 unspecified atom stereocenters. The SMILES string of the molecule is CC(C)(C)OC(=O)CC(C(=O)OC(C)(C)C)N(CCOCCOCCN(C(CC(=O)OC(C)(C)C)C(=O)OC(C)(C)C)S(=O)(=O)N(Cc1ccc(OC(=O)c2ccc(NC(=NC(=O)OC(C)(C)C)NC(=O)OC(C)(C)C)cc2)cc1)C(=O)OCc1ccccc1)S(=O)(=O)N(Cc1ccc(OC(=O)c2ccc(NC(=NC(=O)OC(C)(C)C)NC(=O)OC(C)(C)C)cc2)cc1)C(=O)OCc1ccccc1. The van der Waals surface area contributed by atoms with Crippen molar-refractivity contribution in [3.05, 3.63) is 191 Å². The lowest BCUT2D eigenvalue weighted by Crippen LogP contribution is -2.55. The highest BCUT2D eigenvalue weighted by Crippen LogP contribution is 2.30. The van der Waals surface area contributed by atoms with Gasteiger partial charge in [0.2, 0.25) is 11.9 Å². The summed E-state index contributed by atoms with van der Waals surface area (Å²) in [7, 11) is -11.0. The van der Waals surface area contributed by atoms with Crippen molar-refractivity contribution in [3.63, 3.8) is 0 Å². The Hall–Kier alpha value is -13.2. The third-order valence-corrected chi connectivity index (χ3v) is 20.7. The first-order chi connectivity index (χ1) is 63.8. The molecule has 6 amide bonds. The molecule has 754 valence electrons. The van der Waals surface area contributed by atoms with Crippen LogP contribution in [0.5, 0.6) is 11.5 Å². The Bertz CT molecular complexity index is 5140. The molecule has 40 nitrogen and oxygen atoms in total. The monoisotopic (exact) mass is 1960 g/mol. The van der Waals surface area contributed by atoms with E-state index in [2.05, 4.69) is 31.3 Å². The van der Waals surface area contributed by atoms with Crippen molar-refractivity contribution in [2.45, 2.75) is 262 Å². The molecule has 0 fully saturated rings. The van der Waals surface area contributed by atoms with Crippen LogP contribution in [0.4, 0.5) is 40.1 Å². The van der Waals surface area contributed by atoms with Gasteiger partial charge in [0.1, 0.15) is 81.6 Å². The van der Waals surface area contributed by atoms with Gasteiger partial charge in [-0.1, -0.05) is 84.9 Å². The number of nitrogens with zero attached hydrogens (tertiary/aromatic N) is 6. The first-order valence-electron chi connectivity index (χ1n) is 43.8. The lowest BCUT2D eigenvalue weighted by molar-refractivity contribution is -0.167. The fourth-order valence-corrected chi connectivity index (χ4v) is 14.8. The summed E-state index contributed by atoms with van der Waals surface area (Å²) in [6, 6.07) is 33.7. The predicted octanol–water partition coefficient (Wildman–Crippen LogP) is 15.6. The molecule has 0 radical (unpaired) electrons. The van der Waals surface area contributed by atoms with Crippen LogP contribution in [-0.4, -0.2) is 215 Å². The zero-order valence-corrected chi connectivity index (χ0v) is 84.0. The van der Waals surface area contributed by atoms with Gasteiger partial charge < -0.3 is 76.9 Å². The summed E-state index contributed by atoms with van der Waals surface area (Å²) in [4.78, 5) is 173. The molecule has 0 bridgehead atoms. The Kier molecular flexibility index (Phi) is 40.5. The summed E-state index contributed by atoms with van der Waals surface area (Å²) in [6.45, 7) is 31.0. The lowest BCUT2D eigenvalue weighted by Gasteiger charge is -2.35. The third-order valence-electron chi connectivity index (χ3n) is 17.0. The van der Waals surface area contributed by atoms with Crippen molar-refractivity contribution < 1.29 is 141 Å². The van der Waals surface area contributed by atoms with Crippen LogP contribution in [-0.2, 0) is 123 Å². The number of hydrogen-bond donors (Lipinski definition) is 4. The van der Waals surface area contributed by atoms with Crippen LogP contribution in [0.1, 0.15) is 222 Å². The van der Waals surface area contributed by atoms with E-state index >= 15 is 16.8 Å². The zero-order valence-electron chi connectivity index (χ0n) is 82.4. The zero-order chi connectivity index (χ0) is 103. The van der Waals surface area contributed by atoms with Crippen LogP contribution in [0, 0.1) is 0 Å². The van der Waals surface area contributed by atoms with E-state index in [1.807, 2.05) is 0 Å². The molecule has 2 atom stereocenters. The second-order valence-corrected chi connectivity index (χ2v) is 42.5. The summed E-state index contributed by atoms with van der Waals surface area (Å²) in [5, 5.41) is 10.3. The summed E-state index contributed by atoms with van der Waals surface area (Å²) < 4.78 is 144. The molecule has 0 spiro atoms. The fourth-order valence-electron chi connectivity index (χ4n) is 11.6. The second-order valence-electron chi connectivity index (χ2n) is 38.8. The summed E-state index contributed by atoms with van der Waals surface area (Å²) in [5.41, 5.74) is -7.33. The Morgan fingerprint density at radius 2 is 0.623 bits per heavy atom. The maximum atomic E-state index is 15.9. The molecule has 6 aromatic carbocycles. The highest BCUT2D eigenvalue weighted by molar-refractivity contribution is 7.87.